The van der Waals surface area contributed by atoms with Gasteiger partial charge < -0.3 is 14.7 Å². The van der Waals surface area contributed by atoms with E-state index in [0.29, 0.717) is 0 Å². The van der Waals surface area contributed by atoms with Crippen molar-refractivity contribution >= 4 is 0 Å². The van der Waals surface area contributed by atoms with Crippen LogP contribution >= 0.6 is 0 Å². The normalized spacial score (nSPS) is 30.9. The van der Waals surface area contributed by atoms with E-state index < -0.39 is 0 Å². The van der Waals surface area contributed by atoms with Crippen LogP contribution in [0.25, 0.3) is 0 Å². The molecule has 2 saturated heterocycles. The van der Waals surface area contributed by atoms with E-state index in [4.69, 9.17) is 4.74 Å². The summed E-state index contributed by atoms with van der Waals surface area (Å²) in [5, 5.41) is 10.2. The highest BCUT2D eigenvalue weighted by Gasteiger charge is 2.45. The van der Waals surface area contributed by atoms with Gasteiger partial charge in [-0.15, -0.1) is 0 Å². The topological polar surface area (TPSA) is 32.7 Å². The van der Waals surface area contributed by atoms with Crippen LogP contribution in [0.3, 0.4) is 0 Å². The third kappa shape index (κ3) is 3.05. The van der Waals surface area contributed by atoms with Crippen molar-refractivity contribution in [3.63, 3.8) is 0 Å². The van der Waals surface area contributed by atoms with Gasteiger partial charge in [0.05, 0.1) is 6.10 Å². The van der Waals surface area contributed by atoms with Gasteiger partial charge >= 0.3 is 0 Å². The second kappa shape index (κ2) is 6.25. The fourth-order valence-electron chi connectivity index (χ4n) is 3.58. The predicted octanol–water partition coefficient (Wildman–Crippen LogP) is 2.24. The zero-order chi connectivity index (χ0) is 13.8. The summed E-state index contributed by atoms with van der Waals surface area (Å²) in [5.74, 6) is 0. The van der Waals surface area contributed by atoms with Crippen molar-refractivity contribution in [3.05, 3.63) is 35.9 Å². The van der Waals surface area contributed by atoms with E-state index in [1.807, 2.05) is 0 Å². The Balaban J connectivity index is 1.49. The minimum Gasteiger partial charge on any atom is -0.390 e. The minimum atomic E-state index is -0.268. The van der Waals surface area contributed by atoms with Crippen LogP contribution < -0.4 is 0 Å². The molecule has 110 valence electrons. The fraction of sp³-hybridized carbons (Fsp3) is 0.647. The first-order valence-electron chi connectivity index (χ1n) is 7.87. The summed E-state index contributed by atoms with van der Waals surface area (Å²) in [6, 6.07) is 10.7. The molecular weight excluding hydrogens is 250 g/mol. The predicted molar refractivity (Wildman–Crippen MR) is 79.7 cm³/mol. The van der Waals surface area contributed by atoms with E-state index in [9.17, 15) is 5.11 Å². The van der Waals surface area contributed by atoms with E-state index in [-0.39, 0.29) is 11.7 Å². The van der Waals surface area contributed by atoms with Gasteiger partial charge in [0.2, 0.25) is 0 Å². The molecule has 0 aliphatic carbocycles. The molecule has 2 atom stereocenters. The molecule has 3 rings (SSSR count). The number of hydrogen-bond donors (Lipinski definition) is 1. The zero-order valence-electron chi connectivity index (χ0n) is 12.1. The molecule has 2 heterocycles. The van der Waals surface area contributed by atoms with E-state index in [1.165, 1.54) is 12.0 Å². The van der Waals surface area contributed by atoms with E-state index in [0.717, 1.165) is 51.9 Å². The number of benzene rings is 1. The number of piperidine rings is 1. The molecule has 0 amide bonds. The molecule has 0 unspecified atom stereocenters. The van der Waals surface area contributed by atoms with Crippen LogP contribution in [0, 0.1) is 0 Å². The van der Waals surface area contributed by atoms with Crippen molar-refractivity contribution < 1.29 is 9.84 Å². The molecule has 1 aromatic carbocycles. The van der Waals surface area contributed by atoms with Crippen LogP contribution in [0.5, 0.6) is 0 Å². The van der Waals surface area contributed by atoms with Gasteiger partial charge in [0.1, 0.15) is 5.60 Å². The fourth-order valence-corrected chi connectivity index (χ4v) is 3.58. The van der Waals surface area contributed by atoms with Crippen molar-refractivity contribution in [2.45, 2.75) is 43.8 Å². The molecule has 2 fully saturated rings. The Morgan fingerprint density at radius 1 is 1.30 bits per heavy atom. The second-order valence-corrected chi connectivity index (χ2v) is 6.19. The number of rotatable bonds is 4. The molecule has 3 nitrogen and oxygen atoms in total. The average Bonchev–Trinajstić information content (AvgIpc) is 2.94. The Kier molecular flexibility index (Phi) is 4.39. The lowest BCUT2D eigenvalue weighted by molar-refractivity contribution is -0.131. The summed E-state index contributed by atoms with van der Waals surface area (Å²) >= 11 is 0. The average molecular weight is 275 g/mol. The molecule has 0 saturated carbocycles. The molecule has 0 aromatic heterocycles. The molecular formula is C17H25NO2. The first-order chi connectivity index (χ1) is 9.78. The Bertz CT molecular complexity index is 414. The van der Waals surface area contributed by atoms with Crippen molar-refractivity contribution in [2.75, 3.05) is 26.2 Å². The number of likely N-dealkylation sites (tertiary alicyclic amines) is 1. The number of nitrogens with zero attached hydrogens (tertiary/aromatic N) is 1. The van der Waals surface area contributed by atoms with Gasteiger partial charge in [-0.2, -0.15) is 0 Å². The smallest absolute Gasteiger partial charge is 0.107 e. The number of ether oxygens (including phenoxy) is 1. The Labute approximate surface area is 121 Å². The van der Waals surface area contributed by atoms with Crippen LogP contribution in [0.2, 0.25) is 0 Å². The number of aliphatic hydroxyl groups is 1. The van der Waals surface area contributed by atoms with Crippen LogP contribution in [0.15, 0.2) is 30.3 Å². The lowest BCUT2D eigenvalue weighted by Gasteiger charge is -2.43. The first kappa shape index (κ1) is 14.1. The van der Waals surface area contributed by atoms with Gasteiger partial charge in [-0.25, -0.2) is 0 Å². The minimum absolute atomic E-state index is 0.259. The third-order valence-corrected chi connectivity index (χ3v) is 4.73. The number of hydrogen-bond acceptors (Lipinski definition) is 3. The molecule has 0 bridgehead atoms. The Morgan fingerprint density at radius 2 is 2.15 bits per heavy atom. The molecule has 1 aromatic rings. The quantitative estimate of drug-likeness (QED) is 0.914. The van der Waals surface area contributed by atoms with Crippen molar-refractivity contribution in [2.24, 2.45) is 0 Å². The first-order valence-corrected chi connectivity index (χ1v) is 7.87. The lowest BCUT2D eigenvalue weighted by Crippen LogP contribution is -2.56. The standard InChI is InChI=1S/C17H25NO2/c19-16-9-12-18(14-17(16)10-5-13-20-17)11-4-8-15-6-2-1-3-7-15/h1-3,6-7,16,19H,4-5,8-14H2/t16-,17-/m0/s1. The van der Waals surface area contributed by atoms with Gasteiger partial charge in [0.25, 0.3) is 0 Å². The van der Waals surface area contributed by atoms with Crippen LogP contribution in [0.4, 0.5) is 0 Å². The van der Waals surface area contributed by atoms with E-state index in [1.54, 1.807) is 0 Å². The molecule has 3 heteroatoms. The molecule has 0 radical (unpaired) electrons. The molecule has 1 N–H and O–H groups in total. The van der Waals surface area contributed by atoms with Gasteiger partial charge in [0, 0.05) is 19.7 Å². The molecule has 1 spiro atoms. The number of aryl methyl sites for hydroxylation is 1. The Hall–Kier alpha value is -0.900. The monoisotopic (exact) mass is 275 g/mol. The highest BCUT2D eigenvalue weighted by atomic mass is 16.5. The maximum atomic E-state index is 10.2. The van der Waals surface area contributed by atoms with Gasteiger partial charge in [0.15, 0.2) is 0 Å². The van der Waals surface area contributed by atoms with Crippen LogP contribution in [-0.4, -0.2) is 48.0 Å². The van der Waals surface area contributed by atoms with Crippen LogP contribution in [0.1, 0.15) is 31.2 Å². The van der Waals surface area contributed by atoms with Gasteiger partial charge in [-0.1, -0.05) is 30.3 Å². The SMILES string of the molecule is O[C@H]1CCN(CCCc2ccccc2)C[C@@]12CCCO2. The van der Waals surface area contributed by atoms with Crippen LogP contribution in [-0.2, 0) is 11.2 Å². The maximum absolute atomic E-state index is 10.2. The highest BCUT2D eigenvalue weighted by molar-refractivity contribution is 5.14. The van der Waals surface area contributed by atoms with Gasteiger partial charge in [-0.3, -0.25) is 0 Å². The lowest BCUT2D eigenvalue weighted by atomic mass is 9.87. The van der Waals surface area contributed by atoms with Crippen molar-refractivity contribution in [3.8, 4) is 0 Å². The van der Waals surface area contributed by atoms with E-state index in [2.05, 4.69) is 35.2 Å². The van der Waals surface area contributed by atoms with E-state index >= 15 is 0 Å². The summed E-state index contributed by atoms with van der Waals surface area (Å²) in [6.07, 6.45) is 5.00. The highest BCUT2D eigenvalue weighted by Crippen LogP contribution is 2.34. The van der Waals surface area contributed by atoms with Crippen molar-refractivity contribution in [1.82, 2.24) is 4.90 Å². The summed E-state index contributed by atoms with van der Waals surface area (Å²) in [4.78, 5) is 2.47. The van der Waals surface area contributed by atoms with Gasteiger partial charge in [-0.05, 0) is 44.2 Å². The third-order valence-electron chi connectivity index (χ3n) is 4.73. The molecule has 2 aliphatic rings. The number of aliphatic hydroxyl groups excluding tert-OH is 1. The summed E-state index contributed by atoms with van der Waals surface area (Å²) in [6.45, 7) is 3.83. The molecule has 2 aliphatic heterocycles. The maximum Gasteiger partial charge on any atom is 0.107 e. The largest absolute Gasteiger partial charge is 0.390 e. The zero-order valence-corrected chi connectivity index (χ0v) is 12.1. The van der Waals surface area contributed by atoms with Crippen molar-refractivity contribution in [1.29, 1.82) is 0 Å². The molecule has 20 heavy (non-hydrogen) atoms. The summed E-state index contributed by atoms with van der Waals surface area (Å²) in [5.41, 5.74) is 1.15. The second-order valence-electron chi connectivity index (χ2n) is 6.19. The summed E-state index contributed by atoms with van der Waals surface area (Å²) < 4.78 is 5.90. The Morgan fingerprint density at radius 3 is 2.90 bits per heavy atom. The summed E-state index contributed by atoms with van der Waals surface area (Å²) in [7, 11) is 0.